The Morgan fingerprint density at radius 2 is 1.86 bits per heavy atom. The second kappa shape index (κ2) is 9.95. The fourth-order valence-corrected chi connectivity index (χ4v) is 5.85. The van der Waals surface area contributed by atoms with Gasteiger partial charge in [0.15, 0.2) is 5.82 Å². The van der Waals surface area contributed by atoms with Crippen molar-refractivity contribution >= 4 is 23.1 Å². The second-order valence-corrected chi connectivity index (χ2v) is 10.3. The van der Waals surface area contributed by atoms with Gasteiger partial charge in [-0.25, -0.2) is 14.4 Å². The Labute approximate surface area is 214 Å². The maximum Gasteiger partial charge on any atom is 0.258 e. The van der Waals surface area contributed by atoms with Crippen LogP contribution in [0.2, 0.25) is 5.02 Å². The number of aromatic nitrogens is 2. The molecule has 4 heterocycles. The van der Waals surface area contributed by atoms with E-state index in [9.17, 15) is 14.3 Å². The van der Waals surface area contributed by atoms with Gasteiger partial charge in [-0.2, -0.15) is 0 Å². The van der Waals surface area contributed by atoms with Gasteiger partial charge in [-0.3, -0.25) is 9.69 Å². The Hall–Kier alpha value is -2.75. The molecule has 2 unspecified atom stereocenters. The average molecular weight is 516 g/mol. The van der Waals surface area contributed by atoms with Crippen LogP contribution in [0.3, 0.4) is 0 Å². The summed E-state index contributed by atoms with van der Waals surface area (Å²) in [7, 11) is 0. The highest BCUT2D eigenvalue weighted by molar-refractivity contribution is 6.31. The third-order valence-corrected chi connectivity index (χ3v) is 8.05. The summed E-state index contributed by atoms with van der Waals surface area (Å²) in [5, 5.41) is 9.89. The van der Waals surface area contributed by atoms with E-state index in [-0.39, 0.29) is 37.5 Å². The minimum absolute atomic E-state index is 0.114. The van der Waals surface area contributed by atoms with Crippen LogP contribution >= 0.6 is 11.6 Å². The summed E-state index contributed by atoms with van der Waals surface area (Å²) in [5.41, 5.74) is 9.11. The van der Waals surface area contributed by atoms with Crippen LogP contribution in [0, 0.1) is 19.7 Å². The molecule has 2 bridgehead atoms. The van der Waals surface area contributed by atoms with Crippen LogP contribution in [-0.2, 0) is 0 Å². The molecule has 3 N–H and O–H groups in total. The summed E-state index contributed by atoms with van der Waals surface area (Å²) in [5.74, 6) is -0.0297. The number of aliphatic hydroxyl groups excluding tert-OH is 1. The van der Waals surface area contributed by atoms with Crippen LogP contribution in [-0.4, -0.2) is 75.2 Å². The van der Waals surface area contributed by atoms with Crippen LogP contribution in [0.25, 0.3) is 5.57 Å². The Kier molecular flexibility index (Phi) is 6.89. The molecule has 2 fully saturated rings. The van der Waals surface area contributed by atoms with Gasteiger partial charge in [0.25, 0.3) is 5.91 Å². The lowest BCUT2D eigenvalue weighted by molar-refractivity contribution is 0.0382. The Morgan fingerprint density at radius 1 is 1.19 bits per heavy atom. The molecule has 1 aromatic heterocycles. The number of aryl methyl sites for hydroxylation is 2. The lowest BCUT2D eigenvalue weighted by Crippen LogP contribution is -2.47. The van der Waals surface area contributed by atoms with Crippen molar-refractivity contribution in [1.29, 1.82) is 0 Å². The van der Waals surface area contributed by atoms with Gasteiger partial charge in [0, 0.05) is 36.0 Å². The highest BCUT2D eigenvalue weighted by atomic mass is 35.5. The molecule has 10 heteroatoms. The van der Waals surface area contributed by atoms with E-state index in [0.717, 1.165) is 25.7 Å². The van der Waals surface area contributed by atoms with Crippen molar-refractivity contribution in [3.63, 3.8) is 0 Å². The number of hydrogen-bond donors (Lipinski definition) is 2. The van der Waals surface area contributed by atoms with Gasteiger partial charge >= 0.3 is 0 Å². The first kappa shape index (κ1) is 24.9. The van der Waals surface area contributed by atoms with E-state index in [1.54, 1.807) is 18.7 Å². The summed E-state index contributed by atoms with van der Waals surface area (Å²) in [6.45, 7) is 4.87. The van der Waals surface area contributed by atoms with Crippen LogP contribution in [0.4, 0.5) is 4.39 Å². The molecule has 0 spiro atoms. The smallest absolute Gasteiger partial charge is 0.258 e. The van der Waals surface area contributed by atoms with E-state index in [1.807, 2.05) is 0 Å². The van der Waals surface area contributed by atoms with E-state index in [1.165, 1.54) is 18.2 Å². The van der Waals surface area contributed by atoms with Gasteiger partial charge in [0.05, 0.1) is 41.7 Å². The standard InChI is InChI=1S/C26H31ClFN5O3/c1-14-24(27)15(2)31-25(30-14)21-12-32(13-22(21)29)26(35)20-6-3-16(28)9-23(20)36-19-10-17-4-5-18(11-19)33(17)7-8-34/h3,6,9,17-19,34H,4-5,7-8,10-13,29H2,1-2H3/t17-,18?,19?/m1/s1. The molecule has 36 heavy (non-hydrogen) atoms. The molecule has 3 atom stereocenters. The molecule has 3 aliphatic rings. The van der Waals surface area contributed by atoms with Crippen molar-refractivity contribution in [3.8, 4) is 5.75 Å². The first-order chi connectivity index (χ1) is 17.2. The maximum absolute atomic E-state index is 14.2. The number of nitrogens with zero attached hydrogens (tertiary/aromatic N) is 4. The first-order valence-electron chi connectivity index (χ1n) is 12.4. The fourth-order valence-electron chi connectivity index (χ4n) is 5.77. The van der Waals surface area contributed by atoms with Crippen molar-refractivity contribution in [2.24, 2.45) is 5.73 Å². The highest BCUT2D eigenvalue weighted by Crippen LogP contribution is 2.38. The third-order valence-electron chi connectivity index (χ3n) is 7.50. The third kappa shape index (κ3) is 4.67. The summed E-state index contributed by atoms with van der Waals surface area (Å²) in [6.07, 6.45) is 3.58. The van der Waals surface area contributed by atoms with Crippen LogP contribution < -0.4 is 10.5 Å². The van der Waals surface area contributed by atoms with Crippen molar-refractivity contribution in [1.82, 2.24) is 19.8 Å². The van der Waals surface area contributed by atoms with Gasteiger partial charge < -0.3 is 20.5 Å². The number of piperidine rings is 1. The van der Waals surface area contributed by atoms with E-state index in [2.05, 4.69) is 14.9 Å². The fraction of sp³-hybridized carbons (Fsp3) is 0.500. The predicted molar refractivity (Wildman–Crippen MR) is 134 cm³/mol. The summed E-state index contributed by atoms with van der Waals surface area (Å²) in [6, 6.07) is 4.72. The maximum atomic E-state index is 14.2. The Morgan fingerprint density at radius 3 is 2.50 bits per heavy atom. The van der Waals surface area contributed by atoms with Gasteiger partial charge in [-0.05, 0) is 51.7 Å². The molecule has 8 nitrogen and oxygen atoms in total. The van der Waals surface area contributed by atoms with Crippen molar-refractivity contribution in [3.05, 3.63) is 57.5 Å². The van der Waals surface area contributed by atoms with E-state index in [4.69, 9.17) is 22.1 Å². The number of carbonyl (C=O) groups is 1. The molecule has 3 aliphatic heterocycles. The molecule has 0 saturated carbocycles. The van der Waals surface area contributed by atoms with Gasteiger partial charge in [-0.1, -0.05) is 11.6 Å². The number of fused-ring (bicyclic) bond motifs is 2. The minimum Gasteiger partial charge on any atom is -0.489 e. The molecular weight excluding hydrogens is 485 g/mol. The van der Waals surface area contributed by atoms with Crippen molar-refractivity contribution in [2.75, 3.05) is 26.2 Å². The zero-order chi connectivity index (χ0) is 25.6. The number of aliphatic hydroxyl groups is 1. The zero-order valence-electron chi connectivity index (χ0n) is 20.5. The number of amides is 1. The number of nitrogens with two attached hydrogens (primary N) is 1. The Balaban J connectivity index is 1.33. The number of benzene rings is 1. The lowest BCUT2D eigenvalue weighted by atomic mass is 9.99. The number of ether oxygens (including phenoxy) is 1. The highest BCUT2D eigenvalue weighted by Gasteiger charge is 2.41. The Bertz CT molecular complexity index is 1190. The zero-order valence-corrected chi connectivity index (χ0v) is 21.3. The summed E-state index contributed by atoms with van der Waals surface area (Å²) in [4.78, 5) is 26.4. The average Bonchev–Trinajstić information content (AvgIpc) is 3.33. The summed E-state index contributed by atoms with van der Waals surface area (Å²) < 4.78 is 20.5. The quantitative estimate of drug-likeness (QED) is 0.609. The molecule has 1 aromatic carbocycles. The second-order valence-electron chi connectivity index (χ2n) is 9.90. The van der Waals surface area contributed by atoms with Gasteiger partial charge in [0.1, 0.15) is 17.7 Å². The van der Waals surface area contributed by atoms with Crippen molar-refractivity contribution < 1.29 is 19.0 Å². The molecule has 2 aromatic rings. The van der Waals surface area contributed by atoms with E-state index in [0.29, 0.717) is 57.7 Å². The first-order valence-corrected chi connectivity index (χ1v) is 12.7. The SMILES string of the molecule is Cc1nc(C2=C(N)CN(C(=O)c3ccc(F)cc3OC3CC4CC[C@H](C3)N4CCO)C2)nc(C)c1Cl. The molecular formula is C26H31ClFN5O3. The lowest BCUT2D eigenvalue weighted by Gasteiger charge is -2.38. The van der Waals surface area contributed by atoms with Gasteiger partial charge in [-0.15, -0.1) is 0 Å². The predicted octanol–water partition coefficient (Wildman–Crippen LogP) is 3.08. The van der Waals surface area contributed by atoms with E-state index < -0.39 is 5.82 Å². The summed E-state index contributed by atoms with van der Waals surface area (Å²) >= 11 is 6.21. The number of hydrogen-bond acceptors (Lipinski definition) is 7. The molecule has 192 valence electrons. The molecule has 0 aliphatic carbocycles. The van der Waals surface area contributed by atoms with E-state index >= 15 is 0 Å². The van der Waals surface area contributed by atoms with Crippen LogP contribution in [0.1, 0.15) is 53.3 Å². The van der Waals surface area contributed by atoms with Crippen molar-refractivity contribution in [2.45, 2.75) is 57.7 Å². The topological polar surface area (TPSA) is 105 Å². The number of carbonyl (C=O) groups excluding carboxylic acids is 1. The number of halogens is 2. The molecule has 0 radical (unpaired) electrons. The molecule has 1 amide bonds. The molecule has 5 rings (SSSR count). The normalized spacial score (nSPS) is 24.0. The molecule has 2 saturated heterocycles. The minimum atomic E-state index is -0.456. The number of rotatable bonds is 6. The van der Waals surface area contributed by atoms with Crippen LogP contribution in [0.15, 0.2) is 23.9 Å². The van der Waals surface area contributed by atoms with Crippen LogP contribution in [0.5, 0.6) is 5.75 Å². The largest absolute Gasteiger partial charge is 0.489 e. The van der Waals surface area contributed by atoms with Gasteiger partial charge in [0.2, 0.25) is 0 Å². The monoisotopic (exact) mass is 515 g/mol.